The topological polar surface area (TPSA) is 101 Å². The van der Waals surface area contributed by atoms with Crippen LogP contribution in [0, 0.1) is 0 Å². The lowest BCUT2D eigenvalue weighted by atomic mass is 10.2. The number of hydrogen-bond donors (Lipinski definition) is 1. The van der Waals surface area contributed by atoms with Crippen molar-refractivity contribution in [2.75, 3.05) is 11.6 Å². The fraction of sp³-hybridized carbons (Fsp3) is 0.125. The molecule has 126 valence electrons. The van der Waals surface area contributed by atoms with Crippen LogP contribution in [0.5, 0.6) is 5.75 Å². The van der Waals surface area contributed by atoms with Gasteiger partial charge in [-0.05, 0) is 43.3 Å². The average Bonchev–Trinajstić information content (AvgIpc) is 3.35. The lowest BCUT2D eigenvalue weighted by Gasteiger charge is -2.15. The molecule has 0 saturated carbocycles. The number of furan rings is 1. The van der Waals surface area contributed by atoms with Gasteiger partial charge in [0.25, 0.3) is 0 Å². The van der Waals surface area contributed by atoms with Gasteiger partial charge in [-0.15, -0.1) is 10.2 Å². The van der Waals surface area contributed by atoms with Gasteiger partial charge in [-0.3, -0.25) is 0 Å². The SMILES string of the molecule is CCOc1ccc(N2NOC(=O)/C2=C2/N=NC(c3ccco3)=N2)cc1. The van der Waals surface area contributed by atoms with Crippen LogP contribution in [0.15, 0.2) is 73.8 Å². The Morgan fingerprint density at radius 1 is 1.20 bits per heavy atom. The van der Waals surface area contributed by atoms with Crippen molar-refractivity contribution >= 4 is 17.5 Å². The molecule has 4 rings (SSSR count). The standard InChI is InChI=1S/C16H13N5O4/c1-2-23-11-7-5-10(6-8-11)21-13(16(22)25-20-21)15-17-14(18-19-15)12-4-3-9-24-12/h3-9,20H,2H2,1H3/b15-13-. The van der Waals surface area contributed by atoms with E-state index in [1.54, 1.807) is 36.4 Å². The summed E-state index contributed by atoms with van der Waals surface area (Å²) in [6.45, 7) is 2.48. The molecule has 25 heavy (non-hydrogen) atoms. The molecule has 9 heteroatoms. The van der Waals surface area contributed by atoms with Gasteiger partial charge in [0, 0.05) is 0 Å². The second-order valence-corrected chi connectivity index (χ2v) is 5.03. The number of rotatable bonds is 4. The molecule has 1 fully saturated rings. The molecule has 0 amide bonds. The summed E-state index contributed by atoms with van der Waals surface area (Å²) in [7, 11) is 0. The molecular formula is C16H13N5O4. The highest BCUT2D eigenvalue weighted by Crippen LogP contribution is 2.29. The summed E-state index contributed by atoms with van der Waals surface area (Å²) in [5.74, 6) is 1.01. The van der Waals surface area contributed by atoms with Crippen LogP contribution in [-0.2, 0) is 9.63 Å². The van der Waals surface area contributed by atoms with Crippen molar-refractivity contribution in [2.24, 2.45) is 15.2 Å². The van der Waals surface area contributed by atoms with E-state index in [2.05, 4.69) is 20.8 Å². The Morgan fingerprint density at radius 2 is 2.04 bits per heavy atom. The molecule has 1 saturated heterocycles. The number of carbonyl (C=O) groups excluding carboxylic acids is 1. The number of azo groups is 1. The van der Waals surface area contributed by atoms with E-state index in [0.29, 0.717) is 23.9 Å². The first-order valence-electron chi connectivity index (χ1n) is 7.54. The van der Waals surface area contributed by atoms with Crippen molar-refractivity contribution in [1.29, 1.82) is 0 Å². The van der Waals surface area contributed by atoms with Crippen LogP contribution in [0.25, 0.3) is 0 Å². The first-order chi connectivity index (χ1) is 12.3. The molecule has 2 aromatic rings. The van der Waals surface area contributed by atoms with Crippen molar-refractivity contribution in [1.82, 2.24) is 5.59 Å². The van der Waals surface area contributed by atoms with Gasteiger partial charge in [-0.25, -0.2) is 9.80 Å². The molecule has 3 heterocycles. The molecule has 0 radical (unpaired) electrons. The second-order valence-electron chi connectivity index (χ2n) is 5.03. The van der Waals surface area contributed by atoms with Gasteiger partial charge in [0.1, 0.15) is 5.75 Å². The molecule has 1 N–H and O–H groups in total. The maximum absolute atomic E-state index is 12.1. The molecule has 1 aromatic heterocycles. The van der Waals surface area contributed by atoms with Crippen LogP contribution in [0.1, 0.15) is 12.7 Å². The van der Waals surface area contributed by atoms with Crippen molar-refractivity contribution in [3.05, 3.63) is 59.9 Å². The highest BCUT2D eigenvalue weighted by Gasteiger charge is 2.34. The number of benzene rings is 1. The number of hydrogen-bond acceptors (Lipinski definition) is 9. The Hall–Kier alpha value is -3.46. The summed E-state index contributed by atoms with van der Waals surface area (Å²) < 4.78 is 10.6. The minimum atomic E-state index is -0.604. The smallest absolute Gasteiger partial charge is 0.380 e. The zero-order valence-corrected chi connectivity index (χ0v) is 13.2. The van der Waals surface area contributed by atoms with Gasteiger partial charge in [-0.1, -0.05) is 5.59 Å². The first-order valence-corrected chi connectivity index (χ1v) is 7.54. The number of aliphatic imine (C=N–C) groups is 1. The molecule has 0 atom stereocenters. The normalized spacial score (nSPS) is 19.3. The number of nitrogens with one attached hydrogen (secondary N) is 1. The van der Waals surface area contributed by atoms with Crippen LogP contribution in [-0.4, -0.2) is 18.4 Å². The zero-order valence-electron chi connectivity index (χ0n) is 13.2. The number of amidine groups is 1. The Kier molecular flexibility index (Phi) is 3.75. The first kappa shape index (κ1) is 15.1. The summed E-state index contributed by atoms with van der Waals surface area (Å²) >= 11 is 0. The predicted molar refractivity (Wildman–Crippen MR) is 86.4 cm³/mol. The van der Waals surface area contributed by atoms with E-state index in [0.717, 1.165) is 5.75 Å². The third-order valence-corrected chi connectivity index (χ3v) is 3.46. The lowest BCUT2D eigenvalue weighted by molar-refractivity contribution is -0.140. The fourth-order valence-corrected chi connectivity index (χ4v) is 2.35. The van der Waals surface area contributed by atoms with Crippen molar-refractivity contribution in [2.45, 2.75) is 6.92 Å². The third-order valence-electron chi connectivity index (χ3n) is 3.46. The maximum atomic E-state index is 12.1. The molecule has 1 aromatic carbocycles. The quantitative estimate of drug-likeness (QED) is 0.859. The molecule has 0 bridgehead atoms. The van der Waals surface area contributed by atoms with E-state index >= 15 is 0 Å². The van der Waals surface area contributed by atoms with E-state index in [1.165, 1.54) is 11.3 Å². The van der Waals surface area contributed by atoms with Gasteiger partial charge in [0.2, 0.25) is 11.7 Å². The summed E-state index contributed by atoms with van der Waals surface area (Å²) in [5.41, 5.74) is 3.34. The van der Waals surface area contributed by atoms with Crippen LogP contribution in [0.2, 0.25) is 0 Å². The fourth-order valence-electron chi connectivity index (χ4n) is 2.35. The molecule has 0 aliphatic carbocycles. The molecule has 2 aliphatic rings. The van der Waals surface area contributed by atoms with Crippen LogP contribution >= 0.6 is 0 Å². The summed E-state index contributed by atoms with van der Waals surface area (Å²) in [5, 5.41) is 9.35. The largest absolute Gasteiger partial charge is 0.494 e. The highest BCUT2D eigenvalue weighted by molar-refractivity contribution is 6.01. The van der Waals surface area contributed by atoms with Gasteiger partial charge < -0.3 is 14.0 Å². The van der Waals surface area contributed by atoms with Gasteiger partial charge >= 0.3 is 5.97 Å². The van der Waals surface area contributed by atoms with E-state index in [-0.39, 0.29) is 11.5 Å². The van der Waals surface area contributed by atoms with E-state index < -0.39 is 5.97 Å². The van der Waals surface area contributed by atoms with Gasteiger partial charge in [0.05, 0.1) is 18.6 Å². The second kappa shape index (κ2) is 6.21. The maximum Gasteiger partial charge on any atom is 0.380 e. The molecule has 0 spiro atoms. The Bertz CT molecular complexity index is 884. The van der Waals surface area contributed by atoms with Gasteiger partial charge in [-0.2, -0.15) is 4.99 Å². The highest BCUT2D eigenvalue weighted by atomic mass is 16.7. The number of ether oxygens (including phenoxy) is 1. The summed E-state index contributed by atoms with van der Waals surface area (Å²) in [6, 6.07) is 10.6. The van der Waals surface area contributed by atoms with E-state index in [1.807, 2.05) is 6.92 Å². The predicted octanol–water partition coefficient (Wildman–Crippen LogP) is 2.54. The molecular weight excluding hydrogens is 326 g/mol. The van der Waals surface area contributed by atoms with Gasteiger partial charge in [0.15, 0.2) is 11.5 Å². The number of hydrazine groups is 1. The minimum Gasteiger partial charge on any atom is -0.494 e. The molecule has 2 aliphatic heterocycles. The van der Waals surface area contributed by atoms with Crippen molar-refractivity contribution in [3.63, 3.8) is 0 Å². The van der Waals surface area contributed by atoms with E-state index in [9.17, 15) is 4.79 Å². The zero-order chi connectivity index (χ0) is 17.2. The van der Waals surface area contributed by atoms with E-state index in [4.69, 9.17) is 14.0 Å². The van der Waals surface area contributed by atoms with Crippen LogP contribution < -0.4 is 15.3 Å². The number of nitrogens with zero attached hydrogens (tertiary/aromatic N) is 4. The Morgan fingerprint density at radius 3 is 2.76 bits per heavy atom. The van der Waals surface area contributed by atoms with Crippen molar-refractivity contribution < 1.29 is 18.8 Å². The monoisotopic (exact) mass is 339 g/mol. The third kappa shape index (κ3) is 2.76. The molecule has 0 unspecified atom stereocenters. The van der Waals surface area contributed by atoms with Crippen LogP contribution in [0.4, 0.5) is 5.69 Å². The van der Waals surface area contributed by atoms with Crippen LogP contribution in [0.3, 0.4) is 0 Å². The number of anilines is 1. The van der Waals surface area contributed by atoms with Crippen molar-refractivity contribution in [3.8, 4) is 5.75 Å². The average molecular weight is 339 g/mol. The lowest BCUT2D eigenvalue weighted by Crippen LogP contribution is -2.29. The summed E-state index contributed by atoms with van der Waals surface area (Å²) in [4.78, 5) is 21.3. The Labute approximate surface area is 142 Å². The minimum absolute atomic E-state index is 0.134. The summed E-state index contributed by atoms with van der Waals surface area (Å²) in [6.07, 6.45) is 1.51. The Balaban J connectivity index is 1.68. The molecule has 9 nitrogen and oxygen atoms in total. The number of carbonyl (C=O) groups is 1.